The molecule has 6 heteroatoms. The van der Waals surface area contributed by atoms with Crippen molar-refractivity contribution in [1.82, 2.24) is 10.1 Å². The molecule has 0 atom stereocenters. The van der Waals surface area contributed by atoms with Gasteiger partial charge in [-0.3, -0.25) is 0 Å². The number of rotatable bonds is 7. The van der Waals surface area contributed by atoms with E-state index in [0.717, 1.165) is 19.3 Å². The molecule has 0 saturated carbocycles. The number of unbranched alkanes of at least 4 members (excludes halogenated alkanes) is 1. The lowest BCUT2D eigenvalue weighted by molar-refractivity contribution is 0.0696. The van der Waals surface area contributed by atoms with E-state index in [9.17, 15) is 4.79 Å². The molecule has 0 saturated heterocycles. The Morgan fingerprint density at radius 1 is 1.45 bits per heavy atom. The molecule has 0 aliphatic carbocycles. The zero-order valence-electron chi connectivity index (χ0n) is 11.2. The number of ether oxygens (including phenoxy) is 1. The van der Waals surface area contributed by atoms with Crippen LogP contribution in [0.15, 0.2) is 28.8 Å². The number of benzene rings is 1. The zero-order chi connectivity index (χ0) is 14.4. The smallest absolute Gasteiger partial charge is 0.335 e. The molecule has 1 N–H and O–H groups in total. The van der Waals surface area contributed by atoms with Gasteiger partial charge in [0.15, 0.2) is 12.4 Å². The lowest BCUT2D eigenvalue weighted by Gasteiger charge is -2.03. The number of aromatic nitrogens is 2. The molecular weight excluding hydrogens is 260 g/mol. The molecule has 0 aliphatic heterocycles. The van der Waals surface area contributed by atoms with Gasteiger partial charge in [-0.25, -0.2) is 4.79 Å². The Bertz CT molecular complexity index is 580. The van der Waals surface area contributed by atoms with Crippen LogP contribution in [-0.2, 0) is 13.0 Å². The van der Waals surface area contributed by atoms with Gasteiger partial charge in [0.25, 0.3) is 5.89 Å². The number of carbonyl (C=O) groups is 1. The monoisotopic (exact) mass is 276 g/mol. The highest BCUT2D eigenvalue weighted by Gasteiger charge is 2.08. The van der Waals surface area contributed by atoms with Gasteiger partial charge in [0.05, 0.1) is 5.56 Å². The summed E-state index contributed by atoms with van der Waals surface area (Å²) in [6.07, 6.45) is 2.87. The Balaban J connectivity index is 1.93. The molecule has 2 aromatic rings. The number of carboxylic acids is 1. The first-order chi connectivity index (χ1) is 9.69. The number of carboxylic acid groups (broad SMARTS) is 1. The molecule has 2 rings (SSSR count). The number of aromatic carboxylic acids is 1. The number of hydrogen-bond acceptors (Lipinski definition) is 5. The average molecular weight is 276 g/mol. The second kappa shape index (κ2) is 6.70. The molecule has 0 spiro atoms. The van der Waals surface area contributed by atoms with Crippen LogP contribution in [-0.4, -0.2) is 21.2 Å². The van der Waals surface area contributed by atoms with Gasteiger partial charge in [-0.05, 0) is 24.6 Å². The van der Waals surface area contributed by atoms with Gasteiger partial charge < -0.3 is 14.4 Å². The van der Waals surface area contributed by atoms with Crippen molar-refractivity contribution >= 4 is 5.97 Å². The van der Waals surface area contributed by atoms with E-state index in [1.807, 2.05) is 0 Å². The van der Waals surface area contributed by atoms with E-state index in [4.69, 9.17) is 14.4 Å². The van der Waals surface area contributed by atoms with Crippen molar-refractivity contribution in [1.29, 1.82) is 0 Å². The van der Waals surface area contributed by atoms with Crippen molar-refractivity contribution in [3.8, 4) is 5.75 Å². The third-order valence-corrected chi connectivity index (χ3v) is 2.71. The van der Waals surface area contributed by atoms with Crippen LogP contribution in [0.1, 0.15) is 41.8 Å². The molecule has 0 unspecified atom stereocenters. The van der Waals surface area contributed by atoms with Crippen LogP contribution in [0.3, 0.4) is 0 Å². The van der Waals surface area contributed by atoms with Gasteiger partial charge in [0, 0.05) is 6.42 Å². The lowest BCUT2D eigenvalue weighted by Crippen LogP contribution is -1.99. The molecule has 0 radical (unpaired) electrons. The summed E-state index contributed by atoms with van der Waals surface area (Å²) in [7, 11) is 0. The van der Waals surface area contributed by atoms with Crippen LogP contribution in [0.25, 0.3) is 0 Å². The molecular formula is C14H16N2O4. The SMILES string of the molecule is CCCCc1noc(COc2cccc(C(=O)O)c2)n1. The molecule has 1 aromatic heterocycles. The maximum atomic E-state index is 10.8. The van der Waals surface area contributed by atoms with Crippen LogP contribution in [0.5, 0.6) is 5.75 Å². The molecule has 20 heavy (non-hydrogen) atoms. The summed E-state index contributed by atoms with van der Waals surface area (Å²) < 4.78 is 10.5. The molecule has 1 heterocycles. The normalized spacial score (nSPS) is 10.4. The zero-order valence-corrected chi connectivity index (χ0v) is 11.2. The second-order valence-corrected chi connectivity index (χ2v) is 4.33. The van der Waals surface area contributed by atoms with Crippen LogP contribution >= 0.6 is 0 Å². The van der Waals surface area contributed by atoms with E-state index in [2.05, 4.69) is 17.1 Å². The Kier molecular flexibility index (Phi) is 4.70. The Hall–Kier alpha value is -2.37. The first-order valence-electron chi connectivity index (χ1n) is 6.46. The largest absolute Gasteiger partial charge is 0.484 e. The highest BCUT2D eigenvalue weighted by Crippen LogP contribution is 2.15. The minimum Gasteiger partial charge on any atom is -0.484 e. The van der Waals surface area contributed by atoms with Crippen molar-refractivity contribution in [2.75, 3.05) is 0 Å². The maximum Gasteiger partial charge on any atom is 0.335 e. The van der Waals surface area contributed by atoms with Crippen molar-refractivity contribution in [2.24, 2.45) is 0 Å². The molecule has 0 fully saturated rings. The van der Waals surface area contributed by atoms with Gasteiger partial charge in [-0.15, -0.1) is 0 Å². The summed E-state index contributed by atoms with van der Waals surface area (Å²) in [5.41, 5.74) is 0.177. The summed E-state index contributed by atoms with van der Waals surface area (Å²) in [6, 6.07) is 6.27. The lowest BCUT2D eigenvalue weighted by atomic mass is 10.2. The minimum absolute atomic E-state index is 0.127. The third-order valence-electron chi connectivity index (χ3n) is 2.71. The van der Waals surface area contributed by atoms with Crippen LogP contribution in [0.4, 0.5) is 0 Å². The van der Waals surface area contributed by atoms with Gasteiger partial charge in [0.1, 0.15) is 5.75 Å². The average Bonchev–Trinajstić information content (AvgIpc) is 2.91. The van der Waals surface area contributed by atoms with Crippen molar-refractivity contribution in [2.45, 2.75) is 32.8 Å². The molecule has 1 aromatic carbocycles. The van der Waals surface area contributed by atoms with Crippen molar-refractivity contribution < 1.29 is 19.2 Å². The topological polar surface area (TPSA) is 85.5 Å². The van der Waals surface area contributed by atoms with E-state index in [0.29, 0.717) is 17.5 Å². The Labute approximate surface area is 116 Å². The molecule has 0 aliphatic rings. The van der Waals surface area contributed by atoms with Crippen molar-refractivity contribution in [3.63, 3.8) is 0 Å². The van der Waals surface area contributed by atoms with Gasteiger partial charge in [0.2, 0.25) is 0 Å². The first kappa shape index (κ1) is 14.0. The fourth-order valence-corrected chi connectivity index (χ4v) is 1.65. The minimum atomic E-state index is -0.991. The summed E-state index contributed by atoms with van der Waals surface area (Å²) >= 11 is 0. The molecule has 0 bridgehead atoms. The summed E-state index contributed by atoms with van der Waals surface area (Å²) in [4.78, 5) is 15.0. The second-order valence-electron chi connectivity index (χ2n) is 4.33. The van der Waals surface area contributed by atoms with Gasteiger partial charge >= 0.3 is 5.97 Å². The summed E-state index contributed by atoms with van der Waals surface area (Å²) in [5, 5.41) is 12.7. The summed E-state index contributed by atoms with van der Waals surface area (Å²) in [5.74, 6) is 0.523. The Morgan fingerprint density at radius 2 is 2.30 bits per heavy atom. The highest BCUT2D eigenvalue weighted by molar-refractivity contribution is 5.87. The third kappa shape index (κ3) is 3.81. The number of hydrogen-bond donors (Lipinski definition) is 1. The van der Waals surface area contributed by atoms with Crippen LogP contribution in [0, 0.1) is 0 Å². The van der Waals surface area contributed by atoms with Crippen molar-refractivity contribution in [3.05, 3.63) is 41.5 Å². The summed E-state index contributed by atoms with van der Waals surface area (Å²) in [6.45, 7) is 2.22. The Morgan fingerprint density at radius 3 is 3.05 bits per heavy atom. The maximum absolute atomic E-state index is 10.8. The molecule has 6 nitrogen and oxygen atoms in total. The first-order valence-corrected chi connectivity index (χ1v) is 6.46. The fraction of sp³-hybridized carbons (Fsp3) is 0.357. The van der Waals surface area contributed by atoms with Gasteiger partial charge in [-0.1, -0.05) is 24.6 Å². The standard InChI is InChI=1S/C14H16N2O4/c1-2-3-7-12-15-13(20-16-12)9-19-11-6-4-5-10(8-11)14(17)18/h4-6,8H,2-3,7,9H2,1H3,(H,17,18). The predicted octanol–water partition coefficient (Wildman–Crippen LogP) is 2.69. The molecule has 106 valence electrons. The highest BCUT2D eigenvalue weighted by atomic mass is 16.5. The van der Waals surface area contributed by atoms with Crippen LogP contribution < -0.4 is 4.74 Å². The van der Waals surface area contributed by atoms with E-state index in [1.54, 1.807) is 12.1 Å². The van der Waals surface area contributed by atoms with E-state index in [-0.39, 0.29) is 12.2 Å². The van der Waals surface area contributed by atoms with Gasteiger partial charge in [-0.2, -0.15) is 4.98 Å². The predicted molar refractivity (Wildman–Crippen MR) is 70.6 cm³/mol. The fourth-order valence-electron chi connectivity index (χ4n) is 1.65. The van der Waals surface area contributed by atoms with Crippen LogP contribution in [0.2, 0.25) is 0 Å². The molecule has 0 amide bonds. The van der Waals surface area contributed by atoms with E-state index in [1.165, 1.54) is 12.1 Å². The number of nitrogens with zero attached hydrogens (tertiary/aromatic N) is 2. The quantitative estimate of drug-likeness (QED) is 0.836. The number of aryl methyl sites for hydroxylation is 1. The van der Waals surface area contributed by atoms with E-state index < -0.39 is 5.97 Å². The van der Waals surface area contributed by atoms with E-state index >= 15 is 0 Å².